The van der Waals surface area contributed by atoms with Crippen molar-refractivity contribution >= 4 is 11.6 Å². The zero-order chi connectivity index (χ0) is 21.6. The topological polar surface area (TPSA) is 20.3 Å². The van der Waals surface area contributed by atoms with Gasteiger partial charge in [0.1, 0.15) is 12.4 Å². The Morgan fingerprint density at radius 1 is 1.06 bits per heavy atom. The highest BCUT2D eigenvalue weighted by Crippen LogP contribution is 2.47. The number of amides is 1. The van der Waals surface area contributed by atoms with Crippen molar-refractivity contribution in [3.05, 3.63) is 101 Å². The Morgan fingerprint density at radius 2 is 1.81 bits per heavy atom. The predicted molar refractivity (Wildman–Crippen MR) is 122 cm³/mol. The number of likely N-dealkylation sites (tertiary alicyclic amines) is 1. The van der Waals surface area contributed by atoms with Crippen molar-refractivity contribution in [2.75, 3.05) is 25.0 Å². The van der Waals surface area contributed by atoms with Gasteiger partial charge in [0.05, 0.1) is 32.1 Å². The minimum atomic E-state index is -0.321. The Morgan fingerprint density at radius 3 is 2.55 bits per heavy atom. The number of carbonyl (C=O) groups is 1. The summed E-state index contributed by atoms with van der Waals surface area (Å²) < 4.78 is 14.4. The lowest BCUT2D eigenvalue weighted by molar-refractivity contribution is -0.928. The quantitative estimate of drug-likeness (QED) is 0.532. The zero-order valence-electron chi connectivity index (χ0n) is 18.1. The normalized spacial score (nSPS) is 24.5. The highest BCUT2D eigenvalue weighted by molar-refractivity contribution is 6.08. The Kier molecular flexibility index (Phi) is 4.90. The molecule has 31 heavy (non-hydrogen) atoms. The number of piperidine rings is 1. The van der Waals surface area contributed by atoms with Crippen LogP contribution in [-0.4, -0.2) is 36.6 Å². The van der Waals surface area contributed by atoms with E-state index in [-0.39, 0.29) is 17.8 Å². The molecule has 0 radical (unpaired) electrons. The lowest BCUT2D eigenvalue weighted by Gasteiger charge is -2.44. The van der Waals surface area contributed by atoms with E-state index in [4.69, 9.17) is 0 Å². The molecule has 3 unspecified atom stereocenters. The summed E-state index contributed by atoms with van der Waals surface area (Å²) in [6.45, 7) is 5.14. The van der Waals surface area contributed by atoms with E-state index in [9.17, 15) is 9.18 Å². The summed E-state index contributed by atoms with van der Waals surface area (Å²) in [6, 6.07) is 23.2. The average molecular weight is 416 g/mol. The SMILES string of the molecule is Cc1ccc2c(c1)C1C[N+](C)(Cc3ccccc3)CCC1N2C(=O)c1ccc(F)cc1. The molecule has 2 aliphatic heterocycles. The third kappa shape index (κ3) is 3.66. The molecular formula is C27H28FN2O+. The zero-order valence-corrected chi connectivity index (χ0v) is 18.1. The maximum atomic E-state index is 13.5. The van der Waals surface area contributed by atoms with Gasteiger partial charge >= 0.3 is 0 Å². The fourth-order valence-corrected chi connectivity index (χ4v) is 5.48. The molecule has 158 valence electrons. The Bertz CT molecular complexity index is 1110. The van der Waals surface area contributed by atoms with Crippen LogP contribution in [-0.2, 0) is 6.54 Å². The van der Waals surface area contributed by atoms with Crippen LogP contribution in [0, 0.1) is 12.7 Å². The molecule has 4 heteroatoms. The molecule has 0 aliphatic carbocycles. The first-order valence-electron chi connectivity index (χ1n) is 11.0. The number of halogens is 1. The number of anilines is 1. The largest absolute Gasteiger partial charge is 0.322 e. The van der Waals surface area contributed by atoms with Gasteiger partial charge in [0.2, 0.25) is 0 Å². The van der Waals surface area contributed by atoms with Gasteiger partial charge in [0, 0.05) is 23.2 Å². The van der Waals surface area contributed by atoms with Gasteiger partial charge in [-0.15, -0.1) is 0 Å². The van der Waals surface area contributed by atoms with Crippen LogP contribution in [0.1, 0.15) is 39.4 Å². The summed E-state index contributed by atoms with van der Waals surface area (Å²) in [6.07, 6.45) is 0.953. The van der Waals surface area contributed by atoms with Gasteiger partial charge in [-0.25, -0.2) is 4.39 Å². The van der Waals surface area contributed by atoms with Gasteiger partial charge in [-0.3, -0.25) is 4.79 Å². The van der Waals surface area contributed by atoms with Crippen LogP contribution in [0.25, 0.3) is 0 Å². The summed E-state index contributed by atoms with van der Waals surface area (Å²) >= 11 is 0. The lowest BCUT2D eigenvalue weighted by Crippen LogP contribution is -2.56. The van der Waals surface area contributed by atoms with Gasteiger partial charge in [-0.1, -0.05) is 48.0 Å². The second-order valence-corrected chi connectivity index (χ2v) is 9.38. The molecule has 3 aromatic rings. The minimum absolute atomic E-state index is 0.0308. The molecule has 0 spiro atoms. The minimum Gasteiger partial charge on any atom is -0.322 e. The van der Waals surface area contributed by atoms with E-state index in [0.29, 0.717) is 11.5 Å². The summed E-state index contributed by atoms with van der Waals surface area (Å²) in [5.74, 6) is -0.0444. The standard InChI is InChI=1S/C27H28FN2O/c1-19-8-13-25-23(16-19)24-18-30(2,17-20-6-4-3-5-7-20)15-14-26(24)29(25)27(31)21-9-11-22(28)12-10-21/h3-13,16,24,26H,14-15,17-18H2,1-2H3/q+1. The van der Waals surface area contributed by atoms with E-state index in [1.807, 2.05) is 4.90 Å². The van der Waals surface area contributed by atoms with Crippen LogP contribution in [0.2, 0.25) is 0 Å². The summed E-state index contributed by atoms with van der Waals surface area (Å²) in [5.41, 5.74) is 5.41. The summed E-state index contributed by atoms with van der Waals surface area (Å²) in [7, 11) is 2.34. The molecule has 5 rings (SSSR count). The van der Waals surface area contributed by atoms with Crippen LogP contribution in [0.15, 0.2) is 72.8 Å². The first-order chi connectivity index (χ1) is 14.9. The summed E-state index contributed by atoms with van der Waals surface area (Å²) in [5, 5.41) is 0. The predicted octanol–water partition coefficient (Wildman–Crippen LogP) is 5.30. The molecule has 3 atom stereocenters. The Hall–Kier alpha value is -2.98. The van der Waals surface area contributed by atoms with Crippen molar-refractivity contribution in [2.24, 2.45) is 0 Å². The molecule has 0 saturated carbocycles. The van der Waals surface area contributed by atoms with E-state index in [1.165, 1.54) is 28.8 Å². The number of likely N-dealkylation sites (N-methyl/N-ethyl adjacent to an activating group) is 1. The van der Waals surface area contributed by atoms with Crippen LogP contribution in [0.4, 0.5) is 10.1 Å². The van der Waals surface area contributed by atoms with E-state index < -0.39 is 0 Å². The molecule has 1 fully saturated rings. The maximum absolute atomic E-state index is 13.5. The number of fused-ring (bicyclic) bond motifs is 3. The van der Waals surface area contributed by atoms with Gasteiger partial charge in [0.15, 0.2) is 0 Å². The molecule has 0 bridgehead atoms. The number of carbonyl (C=O) groups excluding carboxylic acids is 1. The van der Waals surface area contributed by atoms with E-state index in [0.717, 1.165) is 36.2 Å². The molecule has 0 N–H and O–H groups in total. The van der Waals surface area contributed by atoms with Crippen molar-refractivity contribution in [1.29, 1.82) is 0 Å². The van der Waals surface area contributed by atoms with Crippen molar-refractivity contribution in [3.8, 4) is 0 Å². The average Bonchev–Trinajstić information content (AvgIpc) is 3.06. The fraction of sp³-hybridized carbons (Fsp3) is 0.296. The maximum Gasteiger partial charge on any atom is 0.258 e. The molecule has 3 aromatic carbocycles. The summed E-state index contributed by atoms with van der Waals surface area (Å²) in [4.78, 5) is 15.5. The van der Waals surface area contributed by atoms with Crippen LogP contribution in [0.5, 0.6) is 0 Å². The van der Waals surface area contributed by atoms with Crippen molar-refractivity contribution in [3.63, 3.8) is 0 Å². The number of benzene rings is 3. The first-order valence-corrected chi connectivity index (χ1v) is 11.0. The van der Waals surface area contributed by atoms with E-state index in [1.54, 1.807) is 12.1 Å². The second-order valence-electron chi connectivity index (χ2n) is 9.38. The number of rotatable bonds is 3. The number of hydrogen-bond acceptors (Lipinski definition) is 1. The number of quaternary nitrogens is 1. The Labute approximate surface area is 183 Å². The van der Waals surface area contributed by atoms with E-state index >= 15 is 0 Å². The number of aryl methyl sites for hydroxylation is 1. The highest BCUT2D eigenvalue weighted by atomic mass is 19.1. The number of hydrogen-bond donors (Lipinski definition) is 0. The van der Waals surface area contributed by atoms with Crippen LogP contribution >= 0.6 is 0 Å². The molecule has 3 nitrogen and oxygen atoms in total. The van der Waals surface area contributed by atoms with Crippen LogP contribution < -0.4 is 4.90 Å². The smallest absolute Gasteiger partial charge is 0.258 e. The molecule has 2 aliphatic rings. The third-order valence-corrected chi connectivity index (χ3v) is 6.96. The molecular weight excluding hydrogens is 387 g/mol. The van der Waals surface area contributed by atoms with E-state index in [2.05, 4.69) is 62.5 Å². The van der Waals surface area contributed by atoms with Crippen molar-refractivity contribution in [1.82, 2.24) is 0 Å². The highest BCUT2D eigenvalue weighted by Gasteiger charge is 2.49. The van der Waals surface area contributed by atoms with Gasteiger partial charge in [-0.2, -0.15) is 0 Å². The fourth-order valence-electron chi connectivity index (χ4n) is 5.48. The van der Waals surface area contributed by atoms with Gasteiger partial charge in [-0.05, 0) is 42.8 Å². The lowest BCUT2D eigenvalue weighted by atomic mass is 9.87. The van der Waals surface area contributed by atoms with Crippen LogP contribution in [0.3, 0.4) is 0 Å². The third-order valence-electron chi connectivity index (χ3n) is 6.96. The van der Waals surface area contributed by atoms with Crippen molar-refractivity contribution < 1.29 is 13.7 Å². The van der Waals surface area contributed by atoms with Crippen molar-refractivity contribution in [2.45, 2.75) is 31.8 Å². The number of nitrogens with zero attached hydrogens (tertiary/aromatic N) is 2. The second kappa shape index (κ2) is 7.61. The molecule has 2 heterocycles. The Balaban J connectivity index is 1.49. The van der Waals surface area contributed by atoms with Gasteiger partial charge < -0.3 is 9.38 Å². The molecule has 1 saturated heterocycles. The van der Waals surface area contributed by atoms with Gasteiger partial charge in [0.25, 0.3) is 5.91 Å². The molecule has 0 aromatic heterocycles. The molecule has 1 amide bonds. The first kappa shape index (κ1) is 20.0. The monoisotopic (exact) mass is 415 g/mol.